The highest BCUT2D eigenvalue weighted by atomic mass is 19.1. The van der Waals surface area contributed by atoms with Gasteiger partial charge in [0.25, 0.3) is 0 Å². The molecule has 0 aliphatic carbocycles. The van der Waals surface area contributed by atoms with Gasteiger partial charge >= 0.3 is 0 Å². The van der Waals surface area contributed by atoms with Gasteiger partial charge in [-0.05, 0) is 31.2 Å². The monoisotopic (exact) mass is 270 g/mol. The van der Waals surface area contributed by atoms with Crippen molar-refractivity contribution in [1.82, 2.24) is 9.38 Å². The zero-order valence-corrected chi connectivity index (χ0v) is 10.7. The summed E-state index contributed by atoms with van der Waals surface area (Å²) in [6, 6.07) is 9.34. The van der Waals surface area contributed by atoms with E-state index in [1.54, 1.807) is 31.2 Å². The normalized spacial score (nSPS) is 11.5. The minimum Gasteiger partial charge on any atom is -0.508 e. The molecule has 1 N–H and O–H groups in total. The summed E-state index contributed by atoms with van der Waals surface area (Å²) >= 11 is 0. The second-order valence-electron chi connectivity index (χ2n) is 4.32. The molecule has 0 atom stereocenters. The van der Waals surface area contributed by atoms with Crippen LogP contribution in [0.4, 0.5) is 15.9 Å². The maximum absolute atomic E-state index is 13.3. The van der Waals surface area contributed by atoms with Gasteiger partial charge in [0, 0.05) is 12.3 Å². The molecule has 0 aliphatic rings. The molecule has 0 fully saturated rings. The maximum atomic E-state index is 13.3. The lowest BCUT2D eigenvalue weighted by molar-refractivity contribution is 0.475. The average molecular weight is 270 g/mol. The fraction of sp³-hybridized carbons (Fsp3) is 0.0714. The summed E-state index contributed by atoms with van der Waals surface area (Å²) in [7, 11) is 0. The summed E-state index contributed by atoms with van der Waals surface area (Å²) in [6.07, 6.45) is 1.31. The average Bonchev–Trinajstić information content (AvgIpc) is 2.72. The molecule has 0 saturated heterocycles. The number of azo groups is 1. The molecule has 3 aromatic rings. The first-order chi connectivity index (χ1) is 9.63. The van der Waals surface area contributed by atoms with Gasteiger partial charge in [0.15, 0.2) is 5.82 Å². The van der Waals surface area contributed by atoms with Crippen LogP contribution in [0.3, 0.4) is 0 Å². The van der Waals surface area contributed by atoms with Crippen LogP contribution in [0, 0.1) is 12.7 Å². The second-order valence-corrected chi connectivity index (χ2v) is 4.32. The molecule has 0 saturated carbocycles. The molecule has 0 bridgehead atoms. The summed E-state index contributed by atoms with van der Waals surface area (Å²) in [5.74, 6) is 0.203. The van der Waals surface area contributed by atoms with Crippen molar-refractivity contribution in [3.05, 3.63) is 54.1 Å². The van der Waals surface area contributed by atoms with Crippen LogP contribution in [-0.2, 0) is 0 Å². The first-order valence-corrected chi connectivity index (χ1v) is 5.98. The van der Waals surface area contributed by atoms with Crippen molar-refractivity contribution in [2.45, 2.75) is 6.92 Å². The Morgan fingerprint density at radius 3 is 2.85 bits per heavy atom. The van der Waals surface area contributed by atoms with E-state index in [4.69, 9.17) is 0 Å². The highest BCUT2D eigenvalue weighted by molar-refractivity contribution is 5.52. The maximum Gasteiger partial charge on any atom is 0.182 e. The van der Waals surface area contributed by atoms with E-state index in [2.05, 4.69) is 15.2 Å². The fourth-order valence-corrected chi connectivity index (χ4v) is 1.90. The number of hydrogen-bond acceptors (Lipinski definition) is 4. The molecule has 20 heavy (non-hydrogen) atoms. The molecule has 0 aliphatic heterocycles. The highest BCUT2D eigenvalue weighted by Gasteiger charge is 2.08. The van der Waals surface area contributed by atoms with Gasteiger partial charge in [-0.3, -0.25) is 4.40 Å². The van der Waals surface area contributed by atoms with E-state index in [-0.39, 0.29) is 11.6 Å². The van der Waals surface area contributed by atoms with Crippen molar-refractivity contribution in [1.29, 1.82) is 0 Å². The highest BCUT2D eigenvalue weighted by Crippen LogP contribution is 2.25. The smallest absolute Gasteiger partial charge is 0.182 e. The number of hydrogen-bond donors (Lipinski definition) is 1. The Morgan fingerprint density at radius 1 is 1.20 bits per heavy atom. The minimum atomic E-state index is -0.372. The molecule has 0 unspecified atom stereocenters. The van der Waals surface area contributed by atoms with Crippen molar-refractivity contribution < 1.29 is 9.50 Å². The van der Waals surface area contributed by atoms with E-state index in [1.807, 2.05) is 0 Å². The summed E-state index contributed by atoms with van der Waals surface area (Å²) in [4.78, 5) is 4.28. The Labute approximate surface area is 114 Å². The molecule has 0 radical (unpaired) electrons. The Bertz CT molecular complexity index is 810. The van der Waals surface area contributed by atoms with Crippen LogP contribution < -0.4 is 0 Å². The number of rotatable bonds is 2. The van der Waals surface area contributed by atoms with Crippen molar-refractivity contribution in [2.24, 2.45) is 10.2 Å². The van der Waals surface area contributed by atoms with E-state index < -0.39 is 0 Å². The molecular weight excluding hydrogens is 259 g/mol. The number of fused-ring (bicyclic) bond motifs is 1. The summed E-state index contributed by atoms with van der Waals surface area (Å²) in [5, 5.41) is 17.5. The van der Waals surface area contributed by atoms with E-state index in [0.29, 0.717) is 22.8 Å². The quantitative estimate of drug-likeness (QED) is 0.718. The SMILES string of the molecule is Cc1nc2ccc(F)cn2c1N=Nc1cccc(O)c1. The molecule has 2 aromatic heterocycles. The third kappa shape index (κ3) is 2.23. The molecule has 6 heteroatoms. The summed E-state index contributed by atoms with van der Waals surface area (Å²) in [6.45, 7) is 1.78. The third-order valence-corrected chi connectivity index (χ3v) is 2.81. The fourth-order valence-electron chi connectivity index (χ4n) is 1.90. The standard InChI is InChI=1S/C14H11FN4O/c1-9-14(18-17-11-3-2-4-12(20)7-11)19-8-10(15)5-6-13(19)16-9/h2-8,20H,1H3. The van der Waals surface area contributed by atoms with E-state index >= 15 is 0 Å². The summed E-state index contributed by atoms with van der Waals surface area (Å²) in [5.41, 5.74) is 1.77. The van der Waals surface area contributed by atoms with Crippen LogP contribution in [0.1, 0.15) is 5.69 Å². The molecule has 100 valence electrons. The zero-order valence-electron chi connectivity index (χ0n) is 10.7. The number of benzene rings is 1. The van der Waals surface area contributed by atoms with Crippen molar-refractivity contribution in [3.8, 4) is 5.75 Å². The molecular formula is C14H11FN4O. The molecule has 2 heterocycles. The third-order valence-electron chi connectivity index (χ3n) is 2.81. The van der Waals surface area contributed by atoms with Gasteiger partial charge in [-0.15, -0.1) is 10.2 Å². The van der Waals surface area contributed by atoms with Crippen LogP contribution in [-0.4, -0.2) is 14.5 Å². The lowest BCUT2D eigenvalue weighted by Crippen LogP contribution is -1.85. The van der Waals surface area contributed by atoms with E-state index in [0.717, 1.165) is 0 Å². The minimum absolute atomic E-state index is 0.113. The van der Waals surface area contributed by atoms with E-state index in [9.17, 15) is 9.50 Å². The number of nitrogens with zero attached hydrogens (tertiary/aromatic N) is 4. The first kappa shape index (κ1) is 12.3. The van der Waals surface area contributed by atoms with Crippen LogP contribution in [0.2, 0.25) is 0 Å². The number of imidazole rings is 1. The van der Waals surface area contributed by atoms with Gasteiger partial charge in [-0.1, -0.05) is 6.07 Å². The second kappa shape index (κ2) is 4.73. The zero-order chi connectivity index (χ0) is 14.1. The van der Waals surface area contributed by atoms with Gasteiger partial charge in [0.2, 0.25) is 0 Å². The van der Waals surface area contributed by atoms with Crippen LogP contribution >= 0.6 is 0 Å². The number of phenolic OH excluding ortho intramolecular Hbond substituents is 1. The van der Waals surface area contributed by atoms with Crippen molar-refractivity contribution in [2.75, 3.05) is 0 Å². The Morgan fingerprint density at radius 2 is 2.05 bits per heavy atom. The molecule has 0 spiro atoms. The van der Waals surface area contributed by atoms with Gasteiger partial charge in [0.1, 0.15) is 17.2 Å². The lowest BCUT2D eigenvalue weighted by Gasteiger charge is -1.97. The van der Waals surface area contributed by atoms with Gasteiger partial charge in [0.05, 0.1) is 11.4 Å². The Hall–Kier alpha value is -2.76. The Kier molecular flexibility index (Phi) is 2.90. The molecule has 0 amide bonds. The van der Waals surface area contributed by atoms with Gasteiger partial charge < -0.3 is 5.11 Å². The molecule has 5 nitrogen and oxygen atoms in total. The van der Waals surface area contributed by atoms with Crippen LogP contribution in [0.5, 0.6) is 5.75 Å². The summed E-state index contributed by atoms with van der Waals surface area (Å²) < 4.78 is 14.8. The van der Waals surface area contributed by atoms with Crippen LogP contribution in [0.25, 0.3) is 5.65 Å². The van der Waals surface area contributed by atoms with Crippen molar-refractivity contribution >= 4 is 17.2 Å². The number of aromatic nitrogens is 2. The number of pyridine rings is 1. The number of halogens is 1. The molecule has 1 aromatic carbocycles. The topological polar surface area (TPSA) is 62.2 Å². The number of phenols is 1. The van der Waals surface area contributed by atoms with Gasteiger partial charge in [-0.2, -0.15) is 0 Å². The van der Waals surface area contributed by atoms with E-state index in [1.165, 1.54) is 22.7 Å². The first-order valence-electron chi connectivity index (χ1n) is 5.98. The Balaban J connectivity index is 2.06. The van der Waals surface area contributed by atoms with Crippen molar-refractivity contribution in [3.63, 3.8) is 0 Å². The van der Waals surface area contributed by atoms with Crippen LogP contribution in [0.15, 0.2) is 52.8 Å². The predicted molar refractivity (Wildman–Crippen MR) is 72.2 cm³/mol. The van der Waals surface area contributed by atoms with Gasteiger partial charge in [-0.25, -0.2) is 9.37 Å². The molecule has 3 rings (SSSR count). The largest absolute Gasteiger partial charge is 0.508 e. The number of aryl methyl sites for hydroxylation is 1. The number of aromatic hydroxyl groups is 1. The lowest BCUT2D eigenvalue weighted by atomic mass is 10.3. The predicted octanol–water partition coefficient (Wildman–Crippen LogP) is 3.90.